The van der Waals surface area contributed by atoms with Crippen molar-refractivity contribution in [2.24, 2.45) is 5.10 Å². The van der Waals surface area contributed by atoms with Gasteiger partial charge in [0.05, 0.1) is 30.9 Å². The monoisotopic (exact) mass is 489 g/mol. The fourth-order valence-corrected chi connectivity index (χ4v) is 2.86. The smallest absolute Gasteiger partial charge is 0.416 e. The number of halogens is 3. The van der Waals surface area contributed by atoms with Gasteiger partial charge >= 0.3 is 11.9 Å². The summed E-state index contributed by atoms with van der Waals surface area (Å²) in [5, 5.41) is 15.2. The molecular formula is C23H18F3N3O6. The summed E-state index contributed by atoms with van der Waals surface area (Å²) in [5.41, 5.74) is 0.813. The average molecular weight is 489 g/mol. The minimum atomic E-state index is -4.76. The topological polar surface area (TPSA) is 112 Å². The van der Waals surface area contributed by atoms with Crippen LogP contribution in [0.3, 0.4) is 0 Å². The summed E-state index contributed by atoms with van der Waals surface area (Å²) < 4.78 is 54.6. The van der Waals surface area contributed by atoms with Crippen LogP contribution < -0.4 is 19.6 Å². The van der Waals surface area contributed by atoms with Crippen molar-refractivity contribution >= 4 is 17.8 Å². The first-order valence-corrected chi connectivity index (χ1v) is 9.81. The van der Waals surface area contributed by atoms with Crippen molar-refractivity contribution in [1.29, 1.82) is 0 Å². The van der Waals surface area contributed by atoms with E-state index in [1.807, 2.05) is 0 Å². The van der Waals surface area contributed by atoms with Crippen LogP contribution in [0.15, 0.2) is 65.8 Å². The van der Waals surface area contributed by atoms with Crippen molar-refractivity contribution in [3.63, 3.8) is 0 Å². The van der Waals surface area contributed by atoms with E-state index in [9.17, 15) is 28.1 Å². The second-order valence-corrected chi connectivity index (χ2v) is 6.87. The molecule has 3 aromatic carbocycles. The van der Waals surface area contributed by atoms with Crippen molar-refractivity contribution in [3.05, 3.63) is 87.5 Å². The van der Waals surface area contributed by atoms with Crippen LogP contribution in [0.1, 0.15) is 21.5 Å². The van der Waals surface area contributed by atoms with Gasteiger partial charge in [-0.05, 0) is 54.6 Å². The molecule has 0 bridgehead atoms. The summed E-state index contributed by atoms with van der Waals surface area (Å²) in [7, 11) is 2.90. The zero-order chi connectivity index (χ0) is 25.6. The molecule has 0 aliphatic carbocycles. The van der Waals surface area contributed by atoms with Gasteiger partial charge < -0.3 is 14.2 Å². The van der Waals surface area contributed by atoms with Gasteiger partial charge in [0.2, 0.25) is 5.75 Å². The summed E-state index contributed by atoms with van der Waals surface area (Å²) in [4.78, 5) is 22.7. The maximum atomic E-state index is 13.0. The highest BCUT2D eigenvalue weighted by Gasteiger charge is 2.33. The average Bonchev–Trinajstić information content (AvgIpc) is 2.84. The van der Waals surface area contributed by atoms with Crippen molar-refractivity contribution in [2.45, 2.75) is 6.18 Å². The Balaban J connectivity index is 1.87. The van der Waals surface area contributed by atoms with E-state index in [4.69, 9.17) is 14.2 Å². The van der Waals surface area contributed by atoms with E-state index >= 15 is 0 Å². The highest BCUT2D eigenvalue weighted by Crippen LogP contribution is 2.38. The Morgan fingerprint density at radius 3 is 2.20 bits per heavy atom. The van der Waals surface area contributed by atoms with Gasteiger partial charge in [-0.2, -0.15) is 18.3 Å². The molecule has 35 heavy (non-hydrogen) atoms. The number of hydrogen-bond donors (Lipinski definition) is 1. The number of methoxy groups -OCH3 is 2. The number of nitro benzene ring substituents is 1. The third-order valence-corrected chi connectivity index (χ3v) is 4.64. The van der Waals surface area contributed by atoms with Gasteiger partial charge in [0.1, 0.15) is 17.2 Å². The molecule has 1 amide bonds. The van der Waals surface area contributed by atoms with E-state index < -0.39 is 34.0 Å². The summed E-state index contributed by atoms with van der Waals surface area (Å²) in [6, 6.07) is 12.5. The Labute approximate surface area is 196 Å². The molecule has 9 nitrogen and oxygen atoms in total. The Morgan fingerprint density at radius 2 is 1.60 bits per heavy atom. The molecule has 12 heteroatoms. The number of nitro groups is 1. The van der Waals surface area contributed by atoms with Gasteiger partial charge in [0.25, 0.3) is 5.91 Å². The third-order valence-electron chi connectivity index (χ3n) is 4.64. The van der Waals surface area contributed by atoms with Crippen molar-refractivity contribution in [1.82, 2.24) is 5.43 Å². The molecule has 1 N–H and O–H groups in total. The van der Waals surface area contributed by atoms with Crippen LogP contribution in [0.2, 0.25) is 0 Å². The maximum Gasteiger partial charge on any atom is 0.416 e. The number of nitrogens with zero attached hydrogens (tertiary/aromatic N) is 2. The van der Waals surface area contributed by atoms with E-state index in [0.29, 0.717) is 29.2 Å². The zero-order valence-electron chi connectivity index (χ0n) is 18.3. The molecule has 0 aliphatic rings. The van der Waals surface area contributed by atoms with Crippen LogP contribution in [0, 0.1) is 10.1 Å². The SMILES string of the molecule is COc1ccc(C(=O)N/N=C\c2cc(OC)ccc2Oc2ccc(C(F)(F)F)cc2[N+](=O)[O-])cc1. The van der Waals surface area contributed by atoms with Crippen LogP contribution in [-0.4, -0.2) is 31.3 Å². The molecule has 0 unspecified atom stereocenters. The lowest BCUT2D eigenvalue weighted by molar-refractivity contribution is -0.385. The van der Waals surface area contributed by atoms with Gasteiger partial charge in [-0.3, -0.25) is 14.9 Å². The van der Waals surface area contributed by atoms with E-state index in [1.54, 1.807) is 12.1 Å². The number of nitrogens with one attached hydrogen (secondary N) is 1. The van der Waals surface area contributed by atoms with Crippen LogP contribution in [0.5, 0.6) is 23.0 Å². The molecule has 0 saturated heterocycles. The highest BCUT2D eigenvalue weighted by atomic mass is 19.4. The number of alkyl halides is 3. The second kappa shape index (κ2) is 10.5. The lowest BCUT2D eigenvalue weighted by Crippen LogP contribution is -2.17. The predicted octanol–water partition coefficient (Wildman–Crippen LogP) is 5.19. The first-order chi connectivity index (χ1) is 16.6. The molecule has 3 aromatic rings. The molecule has 0 aliphatic heterocycles. The summed E-state index contributed by atoms with van der Waals surface area (Å²) in [5.74, 6) is 0.0385. The van der Waals surface area contributed by atoms with Crippen molar-refractivity contribution < 1.29 is 37.1 Å². The summed E-state index contributed by atoms with van der Waals surface area (Å²) in [6.07, 6.45) is -3.56. The quantitative estimate of drug-likeness (QED) is 0.265. The molecule has 0 radical (unpaired) electrons. The van der Waals surface area contributed by atoms with Crippen LogP contribution in [0.4, 0.5) is 18.9 Å². The van der Waals surface area contributed by atoms with Gasteiger partial charge in [-0.15, -0.1) is 0 Å². The Hall–Kier alpha value is -4.61. The first-order valence-electron chi connectivity index (χ1n) is 9.81. The number of ether oxygens (including phenoxy) is 3. The molecule has 182 valence electrons. The van der Waals surface area contributed by atoms with Crippen LogP contribution >= 0.6 is 0 Å². The van der Waals surface area contributed by atoms with Gasteiger partial charge in [0, 0.05) is 17.2 Å². The largest absolute Gasteiger partial charge is 0.497 e. The molecule has 0 aromatic heterocycles. The first kappa shape index (κ1) is 25.0. The number of amides is 1. The van der Waals surface area contributed by atoms with Crippen LogP contribution in [0.25, 0.3) is 0 Å². The maximum absolute atomic E-state index is 13.0. The Bertz CT molecular complexity index is 1260. The number of carbonyl (C=O) groups excluding carboxylic acids is 1. The Kier molecular flexibility index (Phi) is 7.54. The van der Waals surface area contributed by atoms with Crippen molar-refractivity contribution in [2.75, 3.05) is 14.2 Å². The summed E-state index contributed by atoms with van der Waals surface area (Å²) in [6.45, 7) is 0. The molecule has 0 heterocycles. The number of rotatable bonds is 8. The minimum absolute atomic E-state index is 0.0242. The standard InChI is InChI=1S/C23H18F3N3O6/c1-33-17-6-3-14(4-7-17)22(30)28-27-13-15-11-18(34-2)8-10-20(15)35-21-9-5-16(23(24,25)26)12-19(21)29(31)32/h3-13H,1-2H3,(H,28,30)/b27-13-. The number of benzene rings is 3. The number of carbonyl (C=O) groups is 1. The Morgan fingerprint density at radius 1 is 0.971 bits per heavy atom. The van der Waals surface area contributed by atoms with E-state index in [1.165, 1.54) is 50.8 Å². The molecule has 0 spiro atoms. The van der Waals surface area contributed by atoms with E-state index in [-0.39, 0.29) is 11.3 Å². The normalized spacial score (nSPS) is 11.2. The zero-order valence-corrected chi connectivity index (χ0v) is 18.3. The molecule has 0 saturated carbocycles. The third kappa shape index (κ3) is 6.25. The van der Waals surface area contributed by atoms with Crippen molar-refractivity contribution in [3.8, 4) is 23.0 Å². The summed E-state index contributed by atoms with van der Waals surface area (Å²) >= 11 is 0. The second-order valence-electron chi connectivity index (χ2n) is 6.87. The van der Waals surface area contributed by atoms with Gasteiger partial charge in [-0.25, -0.2) is 5.43 Å². The van der Waals surface area contributed by atoms with E-state index in [0.717, 1.165) is 6.07 Å². The predicted molar refractivity (Wildman–Crippen MR) is 119 cm³/mol. The van der Waals surface area contributed by atoms with Crippen LogP contribution in [-0.2, 0) is 6.18 Å². The number of hydrogen-bond acceptors (Lipinski definition) is 7. The minimum Gasteiger partial charge on any atom is -0.497 e. The van der Waals surface area contributed by atoms with E-state index in [2.05, 4.69) is 10.5 Å². The molecule has 0 atom stereocenters. The fraction of sp³-hybridized carbons (Fsp3) is 0.130. The lowest BCUT2D eigenvalue weighted by Gasteiger charge is -2.12. The highest BCUT2D eigenvalue weighted by molar-refractivity contribution is 5.95. The molecule has 0 fully saturated rings. The number of hydrazone groups is 1. The lowest BCUT2D eigenvalue weighted by atomic mass is 10.1. The van der Waals surface area contributed by atoms with Gasteiger partial charge in [0.15, 0.2) is 0 Å². The molecule has 3 rings (SSSR count). The molecular weight excluding hydrogens is 471 g/mol. The fourth-order valence-electron chi connectivity index (χ4n) is 2.86. The van der Waals surface area contributed by atoms with Gasteiger partial charge in [-0.1, -0.05) is 0 Å².